The fourth-order valence-corrected chi connectivity index (χ4v) is 0.526. The molecule has 0 radical (unpaired) electrons. The summed E-state index contributed by atoms with van der Waals surface area (Å²) in [5.74, 6) is 0.208. The number of nitrogens with two attached hydrogens (primary N) is 1. The first-order valence-electron chi connectivity index (χ1n) is 2.85. The van der Waals surface area contributed by atoms with E-state index in [2.05, 4.69) is 0 Å². The second-order valence-electron chi connectivity index (χ2n) is 2.35. The van der Waals surface area contributed by atoms with Gasteiger partial charge in [-0.2, -0.15) is 0 Å². The van der Waals surface area contributed by atoms with Gasteiger partial charge in [-0.25, -0.2) is 0 Å². The van der Waals surface area contributed by atoms with Crippen molar-refractivity contribution >= 4 is 5.78 Å². The summed E-state index contributed by atoms with van der Waals surface area (Å²) in [6.07, 6.45) is 0. The third kappa shape index (κ3) is 2.07. The summed E-state index contributed by atoms with van der Waals surface area (Å²) in [5, 5.41) is 0. The SMILES string of the molecule is CC(C)C(=O)[C@@H](C)N. The summed E-state index contributed by atoms with van der Waals surface area (Å²) in [6, 6.07) is -0.296. The fourth-order valence-electron chi connectivity index (χ4n) is 0.526. The predicted octanol–water partition coefficient (Wildman–Crippen LogP) is 0.559. The zero-order valence-corrected chi connectivity index (χ0v) is 5.64. The van der Waals surface area contributed by atoms with Crippen molar-refractivity contribution in [3.05, 3.63) is 0 Å². The van der Waals surface area contributed by atoms with E-state index in [0.29, 0.717) is 0 Å². The molecule has 0 heterocycles. The Morgan fingerprint density at radius 1 is 1.38 bits per heavy atom. The number of Topliss-reactive ketones (excluding diaryl/α,β-unsaturated/α-hetero) is 1. The molecule has 1 atom stereocenters. The van der Waals surface area contributed by atoms with Gasteiger partial charge in [0.1, 0.15) is 0 Å². The van der Waals surface area contributed by atoms with Gasteiger partial charge in [0.15, 0.2) is 5.78 Å². The Kier molecular flexibility index (Phi) is 2.69. The molecule has 0 aromatic heterocycles. The Balaban J connectivity index is 3.65. The highest BCUT2D eigenvalue weighted by Crippen LogP contribution is 1.95. The molecule has 2 heteroatoms. The summed E-state index contributed by atoms with van der Waals surface area (Å²) in [7, 11) is 0. The zero-order valence-electron chi connectivity index (χ0n) is 5.64. The number of hydrogen-bond donors (Lipinski definition) is 1. The van der Waals surface area contributed by atoms with Crippen LogP contribution in [0.2, 0.25) is 0 Å². The molecule has 2 N–H and O–H groups in total. The maximum Gasteiger partial charge on any atom is 0.151 e. The van der Waals surface area contributed by atoms with Crippen molar-refractivity contribution in [2.24, 2.45) is 11.7 Å². The average molecular weight is 115 g/mol. The first kappa shape index (κ1) is 7.63. The maximum atomic E-state index is 10.7. The van der Waals surface area contributed by atoms with Gasteiger partial charge >= 0.3 is 0 Å². The molecule has 8 heavy (non-hydrogen) atoms. The molecule has 0 rings (SSSR count). The zero-order chi connectivity index (χ0) is 6.73. The van der Waals surface area contributed by atoms with Crippen LogP contribution in [0.5, 0.6) is 0 Å². The minimum atomic E-state index is -0.296. The van der Waals surface area contributed by atoms with Crippen molar-refractivity contribution < 1.29 is 4.79 Å². The Labute approximate surface area is 50.1 Å². The van der Waals surface area contributed by atoms with Gasteiger partial charge in [0.25, 0.3) is 0 Å². The lowest BCUT2D eigenvalue weighted by Gasteiger charge is -2.05. The Morgan fingerprint density at radius 2 is 1.75 bits per heavy atom. The van der Waals surface area contributed by atoms with Crippen molar-refractivity contribution in [2.45, 2.75) is 26.8 Å². The van der Waals surface area contributed by atoms with E-state index in [1.54, 1.807) is 6.92 Å². The topological polar surface area (TPSA) is 43.1 Å². The van der Waals surface area contributed by atoms with Gasteiger partial charge in [-0.05, 0) is 6.92 Å². The van der Waals surface area contributed by atoms with Crippen LogP contribution in [-0.4, -0.2) is 11.8 Å². The summed E-state index contributed by atoms with van der Waals surface area (Å²) in [4.78, 5) is 10.7. The van der Waals surface area contributed by atoms with Gasteiger partial charge in [0, 0.05) is 5.92 Å². The molecular formula is C6H13NO. The van der Waals surface area contributed by atoms with E-state index in [1.165, 1.54) is 0 Å². The fraction of sp³-hybridized carbons (Fsp3) is 0.833. The molecule has 0 fully saturated rings. The predicted molar refractivity (Wildman–Crippen MR) is 33.5 cm³/mol. The van der Waals surface area contributed by atoms with Crippen LogP contribution < -0.4 is 5.73 Å². The van der Waals surface area contributed by atoms with Gasteiger partial charge in [-0.3, -0.25) is 4.79 Å². The summed E-state index contributed by atoms with van der Waals surface area (Å²) in [5.41, 5.74) is 5.29. The third-order valence-electron chi connectivity index (χ3n) is 1.02. The molecule has 0 amide bonds. The standard InChI is InChI=1S/C6H13NO/c1-4(2)6(8)5(3)7/h4-5H,7H2,1-3H3/t5-/m1/s1. The molecule has 0 bridgehead atoms. The van der Waals surface area contributed by atoms with Crippen LogP contribution in [0.1, 0.15) is 20.8 Å². The summed E-state index contributed by atoms with van der Waals surface area (Å²) in [6.45, 7) is 5.42. The molecule has 48 valence electrons. The first-order chi connectivity index (χ1) is 3.55. The van der Waals surface area contributed by atoms with E-state index in [1.807, 2.05) is 13.8 Å². The normalized spacial score (nSPS) is 14.1. The first-order valence-corrected chi connectivity index (χ1v) is 2.85. The number of carbonyl (C=O) groups is 1. The van der Waals surface area contributed by atoms with Crippen LogP contribution in [0.15, 0.2) is 0 Å². The van der Waals surface area contributed by atoms with Crippen LogP contribution >= 0.6 is 0 Å². The summed E-state index contributed by atoms with van der Waals surface area (Å²) >= 11 is 0. The van der Waals surface area contributed by atoms with Gasteiger partial charge in [0.05, 0.1) is 6.04 Å². The molecule has 0 aliphatic carbocycles. The Hall–Kier alpha value is -0.370. The molecule has 0 aliphatic heterocycles. The van der Waals surface area contributed by atoms with Crippen LogP contribution in [0.25, 0.3) is 0 Å². The van der Waals surface area contributed by atoms with Crippen molar-refractivity contribution in [3.8, 4) is 0 Å². The number of hydrogen-bond acceptors (Lipinski definition) is 2. The summed E-state index contributed by atoms with van der Waals surface area (Å²) < 4.78 is 0. The average Bonchev–Trinajstić information content (AvgIpc) is 1.64. The number of ketones is 1. The molecule has 0 aromatic carbocycles. The molecule has 0 aromatic rings. The van der Waals surface area contributed by atoms with E-state index in [-0.39, 0.29) is 17.7 Å². The Morgan fingerprint density at radius 3 is 1.75 bits per heavy atom. The van der Waals surface area contributed by atoms with Crippen molar-refractivity contribution in [1.29, 1.82) is 0 Å². The van der Waals surface area contributed by atoms with Gasteiger partial charge in [-0.1, -0.05) is 13.8 Å². The van der Waals surface area contributed by atoms with Crippen LogP contribution in [0, 0.1) is 5.92 Å². The quantitative estimate of drug-likeness (QED) is 0.571. The van der Waals surface area contributed by atoms with Crippen LogP contribution in [-0.2, 0) is 4.79 Å². The lowest BCUT2D eigenvalue weighted by atomic mass is 10.0. The molecule has 0 saturated carbocycles. The lowest BCUT2D eigenvalue weighted by Crippen LogP contribution is -2.30. The van der Waals surface area contributed by atoms with Crippen LogP contribution in [0.4, 0.5) is 0 Å². The number of rotatable bonds is 2. The molecular weight excluding hydrogens is 102 g/mol. The van der Waals surface area contributed by atoms with E-state index in [4.69, 9.17) is 5.73 Å². The third-order valence-corrected chi connectivity index (χ3v) is 1.02. The van der Waals surface area contributed by atoms with E-state index in [9.17, 15) is 4.79 Å². The minimum Gasteiger partial charge on any atom is -0.322 e. The van der Waals surface area contributed by atoms with E-state index in [0.717, 1.165) is 0 Å². The highest BCUT2D eigenvalue weighted by Gasteiger charge is 2.10. The van der Waals surface area contributed by atoms with Crippen molar-refractivity contribution in [2.75, 3.05) is 0 Å². The van der Waals surface area contributed by atoms with Gasteiger partial charge < -0.3 is 5.73 Å². The molecule has 0 unspecified atom stereocenters. The second kappa shape index (κ2) is 2.82. The largest absolute Gasteiger partial charge is 0.322 e. The molecule has 0 aliphatic rings. The van der Waals surface area contributed by atoms with E-state index < -0.39 is 0 Å². The van der Waals surface area contributed by atoms with Gasteiger partial charge in [-0.15, -0.1) is 0 Å². The molecule has 0 saturated heterocycles. The molecule has 0 spiro atoms. The van der Waals surface area contributed by atoms with Crippen molar-refractivity contribution in [1.82, 2.24) is 0 Å². The van der Waals surface area contributed by atoms with Crippen molar-refractivity contribution in [3.63, 3.8) is 0 Å². The van der Waals surface area contributed by atoms with E-state index >= 15 is 0 Å². The highest BCUT2D eigenvalue weighted by molar-refractivity contribution is 5.84. The van der Waals surface area contributed by atoms with Crippen LogP contribution in [0.3, 0.4) is 0 Å². The minimum absolute atomic E-state index is 0.0787. The maximum absolute atomic E-state index is 10.7. The molecule has 2 nitrogen and oxygen atoms in total. The lowest BCUT2D eigenvalue weighted by molar-refractivity contribution is -0.122. The number of carbonyl (C=O) groups excluding carboxylic acids is 1. The Bertz CT molecular complexity index is 76.5. The second-order valence-corrected chi connectivity index (χ2v) is 2.35. The monoisotopic (exact) mass is 115 g/mol. The highest BCUT2D eigenvalue weighted by atomic mass is 16.1. The van der Waals surface area contributed by atoms with Gasteiger partial charge in [0.2, 0.25) is 0 Å². The smallest absolute Gasteiger partial charge is 0.151 e.